The molecule has 0 saturated carbocycles. The fraction of sp³-hybridized carbons (Fsp3) is 0.235. The number of carbonyl (C=O) groups excluding carboxylic acids is 1. The van der Waals surface area contributed by atoms with Gasteiger partial charge in [0.05, 0.1) is 12.7 Å². The van der Waals surface area contributed by atoms with Crippen molar-refractivity contribution >= 4 is 17.3 Å². The standard InChI is InChI=1S/C17H18N2O2/c1-19-10-9-12-7-8-13(11-15(12)19)18-17(20)14-5-3-4-6-16(14)21-2/h3-8,11H,9-10H2,1-2H3,(H,18,20). The quantitative estimate of drug-likeness (QED) is 0.941. The molecule has 0 unspecified atom stereocenters. The van der Waals surface area contributed by atoms with Crippen LogP contribution in [0, 0.1) is 0 Å². The first-order chi connectivity index (χ1) is 10.2. The van der Waals surface area contributed by atoms with Gasteiger partial charge in [-0.2, -0.15) is 0 Å². The van der Waals surface area contributed by atoms with Crippen molar-refractivity contribution in [2.24, 2.45) is 0 Å². The molecule has 3 rings (SSSR count). The molecule has 2 aromatic carbocycles. The van der Waals surface area contributed by atoms with Crippen LogP contribution < -0.4 is 15.0 Å². The normalized spacial score (nSPS) is 13.0. The minimum absolute atomic E-state index is 0.159. The van der Waals surface area contributed by atoms with Gasteiger partial charge in [0, 0.05) is 25.0 Å². The van der Waals surface area contributed by atoms with Crippen molar-refractivity contribution in [3.05, 3.63) is 53.6 Å². The van der Waals surface area contributed by atoms with E-state index in [2.05, 4.69) is 23.3 Å². The summed E-state index contributed by atoms with van der Waals surface area (Å²) in [6.07, 6.45) is 1.06. The third kappa shape index (κ3) is 2.57. The van der Waals surface area contributed by atoms with Crippen LogP contribution in [-0.2, 0) is 6.42 Å². The second kappa shape index (κ2) is 5.48. The Bertz CT molecular complexity index is 682. The second-order valence-corrected chi connectivity index (χ2v) is 5.17. The molecule has 0 aliphatic carbocycles. The fourth-order valence-corrected chi connectivity index (χ4v) is 2.65. The monoisotopic (exact) mass is 282 g/mol. The summed E-state index contributed by atoms with van der Waals surface area (Å²) in [7, 11) is 3.63. The highest BCUT2D eigenvalue weighted by Gasteiger charge is 2.17. The Balaban J connectivity index is 1.84. The van der Waals surface area contributed by atoms with Crippen LogP contribution in [0.25, 0.3) is 0 Å². The molecule has 0 bridgehead atoms. The molecular formula is C17H18N2O2. The summed E-state index contributed by atoms with van der Waals surface area (Å²) in [5.74, 6) is 0.418. The molecule has 0 radical (unpaired) electrons. The molecule has 1 heterocycles. The predicted molar refractivity (Wildman–Crippen MR) is 84.4 cm³/mol. The number of nitrogens with zero attached hydrogens (tertiary/aromatic N) is 1. The topological polar surface area (TPSA) is 41.6 Å². The summed E-state index contributed by atoms with van der Waals surface area (Å²) >= 11 is 0. The van der Waals surface area contributed by atoms with E-state index in [1.165, 1.54) is 11.3 Å². The van der Waals surface area contributed by atoms with Crippen LogP contribution in [0.4, 0.5) is 11.4 Å². The molecular weight excluding hydrogens is 264 g/mol. The molecule has 0 spiro atoms. The zero-order chi connectivity index (χ0) is 14.8. The number of likely N-dealkylation sites (N-methyl/N-ethyl adjacent to an activating group) is 1. The molecule has 1 N–H and O–H groups in total. The number of carbonyl (C=O) groups is 1. The Labute approximate surface area is 124 Å². The maximum atomic E-state index is 12.4. The summed E-state index contributed by atoms with van der Waals surface area (Å²) in [5, 5.41) is 2.94. The molecule has 0 saturated heterocycles. The highest BCUT2D eigenvalue weighted by Crippen LogP contribution is 2.30. The number of methoxy groups -OCH3 is 1. The number of hydrogen-bond acceptors (Lipinski definition) is 3. The molecule has 0 atom stereocenters. The fourth-order valence-electron chi connectivity index (χ4n) is 2.65. The Morgan fingerprint density at radius 3 is 2.86 bits per heavy atom. The van der Waals surface area contributed by atoms with Crippen molar-refractivity contribution in [3.8, 4) is 5.75 Å². The van der Waals surface area contributed by atoms with Gasteiger partial charge in [-0.3, -0.25) is 4.79 Å². The van der Waals surface area contributed by atoms with Crippen molar-refractivity contribution in [2.45, 2.75) is 6.42 Å². The molecule has 4 nitrogen and oxygen atoms in total. The molecule has 1 aliphatic heterocycles. The first-order valence-electron chi connectivity index (χ1n) is 6.97. The largest absolute Gasteiger partial charge is 0.496 e. The van der Waals surface area contributed by atoms with E-state index in [4.69, 9.17) is 4.74 Å². The van der Waals surface area contributed by atoms with Gasteiger partial charge in [-0.15, -0.1) is 0 Å². The zero-order valence-electron chi connectivity index (χ0n) is 12.2. The van der Waals surface area contributed by atoms with Crippen LogP contribution >= 0.6 is 0 Å². The summed E-state index contributed by atoms with van der Waals surface area (Å²) < 4.78 is 5.23. The molecule has 0 fully saturated rings. The van der Waals surface area contributed by atoms with Crippen LogP contribution in [0.1, 0.15) is 15.9 Å². The lowest BCUT2D eigenvalue weighted by atomic mass is 10.1. The Kier molecular flexibility index (Phi) is 3.52. The molecule has 1 amide bonds. The molecule has 4 heteroatoms. The summed E-state index contributed by atoms with van der Waals surface area (Å²) in [4.78, 5) is 14.6. The van der Waals surface area contributed by atoms with Crippen molar-refractivity contribution in [2.75, 3.05) is 30.9 Å². The highest BCUT2D eigenvalue weighted by molar-refractivity contribution is 6.06. The summed E-state index contributed by atoms with van der Waals surface area (Å²) in [6.45, 7) is 1.03. The highest BCUT2D eigenvalue weighted by atomic mass is 16.5. The third-order valence-corrected chi connectivity index (χ3v) is 3.82. The number of benzene rings is 2. The van der Waals surface area contributed by atoms with Crippen molar-refractivity contribution < 1.29 is 9.53 Å². The Morgan fingerprint density at radius 1 is 1.24 bits per heavy atom. The smallest absolute Gasteiger partial charge is 0.259 e. The van der Waals surface area contributed by atoms with E-state index >= 15 is 0 Å². The first kappa shape index (κ1) is 13.5. The SMILES string of the molecule is COc1ccccc1C(=O)Nc1ccc2c(c1)N(C)CC2. The van der Waals surface area contributed by atoms with Crippen LogP contribution in [0.5, 0.6) is 5.75 Å². The lowest BCUT2D eigenvalue weighted by molar-refractivity contribution is 0.102. The number of nitrogens with one attached hydrogen (secondary N) is 1. The van der Waals surface area contributed by atoms with E-state index in [0.29, 0.717) is 11.3 Å². The minimum Gasteiger partial charge on any atom is -0.496 e. The van der Waals surface area contributed by atoms with Gasteiger partial charge in [-0.1, -0.05) is 18.2 Å². The summed E-state index contributed by atoms with van der Waals surface area (Å²) in [6, 6.07) is 13.3. The van der Waals surface area contributed by atoms with Gasteiger partial charge in [0.2, 0.25) is 0 Å². The number of amides is 1. The van der Waals surface area contributed by atoms with Gasteiger partial charge in [0.1, 0.15) is 5.75 Å². The van der Waals surface area contributed by atoms with Crippen LogP contribution in [0.3, 0.4) is 0 Å². The van der Waals surface area contributed by atoms with E-state index in [-0.39, 0.29) is 5.91 Å². The molecule has 108 valence electrons. The van der Waals surface area contributed by atoms with Crippen LogP contribution in [0.2, 0.25) is 0 Å². The van der Waals surface area contributed by atoms with Gasteiger partial charge < -0.3 is 15.0 Å². The van der Waals surface area contributed by atoms with E-state index in [0.717, 1.165) is 18.7 Å². The zero-order valence-corrected chi connectivity index (χ0v) is 12.2. The number of fused-ring (bicyclic) bond motifs is 1. The third-order valence-electron chi connectivity index (χ3n) is 3.82. The van der Waals surface area contributed by atoms with Gasteiger partial charge in [0.15, 0.2) is 0 Å². The van der Waals surface area contributed by atoms with E-state index in [1.54, 1.807) is 19.2 Å². The maximum absolute atomic E-state index is 12.4. The number of para-hydroxylation sites is 1. The van der Waals surface area contributed by atoms with E-state index in [9.17, 15) is 4.79 Å². The van der Waals surface area contributed by atoms with Crippen molar-refractivity contribution in [1.82, 2.24) is 0 Å². The summed E-state index contributed by atoms with van der Waals surface area (Å²) in [5.41, 5.74) is 3.85. The van der Waals surface area contributed by atoms with Gasteiger partial charge >= 0.3 is 0 Å². The Hall–Kier alpha value is -2.49. The molecule has 21 heavy (non-hydrogen) atoms. The number of rotatable bonds is 3. The van der Waals surface area contributed by atoms with Crippen molar-refractivity contribution in [3.63, 3.8) is 0 Å². The van der Waals surface area contributed by atoms with E-state index in [1.807, 2.05) is 24.3 Å². The number of hydrogen-bond donors (Lipinski definition) is 1. The average Bonchev–Trinajstić information content (AvgIpc) is 2.88. The average molecular weight is 282 g/mol. The van der Waals surface area contributed by atoms with Gasteiger partial charge in [-0.05, 0) is 36.2 Å². The predicted octanol–water partition coefficient (Wildman–Crippen LogP) is 2.94. The van der Waals surface area contributed by atoms with Gasteiger partial charge in [-0.25, -0.2) is 0 Å². The van der Waals surface area contributed by atoms with Gasteiger partial charge in [0.25, 0.3) is 5.91 Å². The minimum atomic E-state index is -0.159. The maximum Gasteiger partial charge on any atom is 0.259 e. The lowest BCUT2D eigenvalue weighted by Crippen LogP contribution is -2.15. The number of anilines is 2. The molecule has 0 aromatic heterocycles. The molecule has 1 aliphatic rings. The second-order valence-electron chi connectivity index (χ2n) is 5.17. The lowest BCUT2D eigenvalue weighted by Gasteiger charge is -2.14. The molecule has 2 aromatic rings. The van der Waals surface area contributed by atoms with E-state index < -0.39 is 0 Å². The Morgan fingerprint density at radius 2 is 2.05 bits per heavy atom. The first-order valence-corrected chi connectivity index (χ1v) is 6.97. The van der Waals surface area contributed by atoms with Crippen molar-refractivity contribution in [1.29, 1.82) is 0 Å². The van der Waals surface area contributed by atoms with Crippen LogP contribution in [-0.4, -0.2) is 26.6 Å². The van der Waals surface area contributed by atoms with Crippen LogP contribution in [0.15, 0.2) is 42.5 Å². The number of ether oxygens (including phenoxy) is 1.